The molecule has 0 bridgehead atoms. The van der Waals surface area contributed by atoms with E-state index < -0.39 is 11.2 Å². The van der Waals surface area contributed by atoms with Gasteiger partial charge in [-0.15, -0.1) is 0 Å². The number of benzene rings is 5. The second kappa shape index (κ2) is 10.7. The predicted octanol–water partition coefficient (Wildman–Crippen LogP) is 9.55. The highest BCUT2D eigenvalue weighted by molar-refractivity contribution is 7.94. The molecule has 38 heavy (non-hydrogen) atoms. The lowest BCUT2D eigenvalue weighted by Gasteiger charge is -2.35. The van der Waals surface area contributed by atoms with Crippen LogP contribution >= 0.6 is 12.0 Å². The van der Waals surface area contributed by atoms with Crippen LogP contribution in [0.4, 0.5) is 17.1 Å². The number of rotatable bonds is 8. The molecule has 0 aromatic heterocycles. The Balaban J connectivity index is 1.49. The Morgan fingerprint density at radius 3 is 1.74 bits per heavy atom. The monoisotopic (exact) mass is 519 g/mol. The number of nitrogens with zero attached hydrogens (tertiary/aromatic N) is 1. The minimum atomic E-state index is -0.960. The molecule has 0 heterocycles. The third kappa shape index (κ3) is 5.63. The first-order valence-corrected chi connectivity index (χ1v) is 13.6. The maximum absolute atomic E-state index is 10.4. The molecule has 0 saturated carbocycles. The van der Waals surface area contributed by atoms with Gasteiger partial charge in [0.1, 0.15) is 5.60 Å². The van der Waals surface area contributed by atoms with Crippen molar-refractivity contribution in [1.82, 2.24) is 0 Å². The molecule has 0 saturated heterocycles. The fraction of sp³-hybridized carbons (Fsp3) is 0.176. The van der Waals surface area contributed by atoms with Crippen molar-refractivity contribution in [1.29, 1.82) is 0 Å². The smallest absolute Gasteiger partial charge is 0.106 e. The minimum Gasteiger partial charge on any atom is -0.387 e. The summed E-state index contributed by atoms with van der Waals surface area (Å²) in [6.07, 6.45) is 0. The molecule has 0 aliphatic rings. The van der Waals surface area contributed by atoms with Crippen LogP contribution in [0.3, 0.4) is 0 Å². The molecule has 5 aromatic carbocycles. The van der Waals surface area contributed by atoms with Crippen molar-refractivity contribution in [2.75, 3.05) is 4.90 Å². The van der Waals surface area contributed by atoms with Gasteiger partial charge < -0.3 is 14.2 Å². The zero-order valence-electron chi connectivity index (χ0n) is 22.3. The van der Waals surface area contributed by atoms with Gasteiger partial charge in [0.15, 0.2) is 0 Å². The standard InChI is InChI=1S/C34H33NO2S/c1-33(2,36)34(3,4)37-38-32-22-20-30(21-23-32)35(31-19-16-26-12-8-9-13-28(26)24-31)29-17-14-27(15-18-29)25-10-6-5-7-11-25/h5-24,36H,1-4H3. The first kappa shape index (κ1) is 26.1. The summed E-state index contributed by atoms with van der Waals surface area (Å²) in [5.74, 6) is 0. The minimum absolute atomic E-state index is 0.700. The zero-order chi connectivity index (χ0) is 26.8. The summed E-state index contributed by atoms with van der Waals surface area (Å²) in [6.45, 7) is 7.33. The van der Waals surface area contributed by atoms with Crippen molar-refractivity contribution >= 4 is 39.9 Å². The molecule has 3 nitrogen and oxygen atoms in total. The van der Waals surface area contributed by atoms with Crippen LogP contribution in [-0.4, -0.2) is 16.3 Å². The normalized spacial score (nSPS) is 12.0. The van der Waals surface area contributed by atoms with E-state index in [4.69, 9.17) is 4.18 Å². The van der Waals surface area contributed by atoms with Gasteiger partial charge >= 0.3 is 0 Å². The molecule has 192 valence electrons. The average Bonchev–Trinajstić information content (AvgIpc) is 2.93. The molecule has 0 fully saturated rings. The SMILES string of the molecule is CC(C)(O)C(C)(C)OSc1ccc(N(c2ccc(-c3ccccc3)cc2)c2ccc3ccccc3c2)cc1. The van der Waals surface area contributed by atoms with Gasteiger partial charge in [0.2, 0.25) is 0 Å². The molecule has 4 heteroatoms. The molecule has 0 atom stereocenters. The van der Waals surface area contributed by atoms with E-state index in [1.165, 1.54) is 33.9 Å². The van der Waals surface area contributed by atoms with E-state index in [2.05, 4.69) is 120 Å². The van der Waals surface area contributed by atoms with E-state index in [-0.39, 0.29) is 0 Å². The molecule has 0 aliphatic heterocycles. The first-order valence-electron chi connectivity index (χ1n) is 12.8. The van der Waals surface area contributed by atoms with Crippen molar-refractivity contribution in [2.45, 2.75) is 43.8 Å². The van der Waals surface area contributed by atoms with Crippen molar-refractivity contribution in [3.05, 3.63) is 121 Å². The van der Waals surface area contributed by atoms with Crippen LogP contribution in [0.5, 0.6) is 0 Å². The molecule has 0 amide bonds. The number of aliphatic hydroxyl groups is 1. The van der Waals surface area contributed by atoms with E-state index in [0.717, 1.165) is 22.0 Å². The molecule has 5 aromatic rings. The lowest BCUT2D eigenvalue weighted by atomic mass is 9.90. The van der Waals surface area contributed by atoms with Crippen LogP contribution in [0.2, 0.25) is 0 Å². The van der Waals surface area contributed by atoms with Crippen LogP contribution in [0, 0.1) is 0 Å². The van der Waals surface area contributed by atoms with Crippen molar-refractivity contribution in [2.24, 2.45) is 0 Å². The van der Waals surface area contributed by atoms with E-state index >= 15 is 0 Å². The Morgan fingerprint density at radius 1 is 0.579 bits per heavy atom. The van der Waals surface area contributed by atoms with Gasteiger partial charge in [-0.3, -0.25) is 0 Å². The van der Waals surface area contributed by atoms with Gasteiger partial charge in [0, 0.05) is 34.0 Å². The second-order valence-corrected chi connectivity index (χ2v) is 11.3. The highest BCUT2D eigenvalue weighted by Gasteiger charge is 2.36. The van der Waals surface area contributed by atoms with Crippen LogP contribution in [-0.2, 0) is 4.18 Å². The highest BCUT2D eigenvalue weighted by Crippen LogP contribution is 2.39. The summed E-state index contributed by atoms with van der Waals surface area (Å²) in [5.41, 5.74) is 3.96. The van der Waals surface area contributed by atoms with Crippen molar-refractivity contribution in [3.8, 4) is 11.1 Å². The summed E-state index contributed by atoms with van der Waals surface area (Å²) in [4.78, 5) is 3.25. The van der Waals surface area contributed by atoms with Crippen LogP contribution < -0.4 is 4.90 Å². The van der Waals surface area contributed by atoms with E-state index in [1.807, 2.05) is 19.9 Å². The van der Waals surface area contributed by atoms with Gasteiger partial charge in [-0.1, -0.05) is 72.8 Å². The Kier molecular flexibility index (Phi) is 7.31. The predicted molar refractivity (Wildman–Crippen MR) is 161 cm³/mol. The van der Waals surface area contributed by atoms with Crippen LogP contribution in [0.25, 0.3) is 21.9 Å². The van der Waals surface area contributed by atoms with Gasteiger partial charge in [0.05, 0.1) is 5.60 Å². The maximum atomic E-state index is 10.4. The van der Waals surface area contributed by atoms with E-state index in [1.54, 1.807) is 13.8 Å². The highest BCUT2D eigenvalue weighted by atomic mass is 32.2. The fourth-order valence-electron chi connectivity index (χ4n) is 4.10. The number of fused-ring (bicyclic) bond motifs is 1. The molecule has 0 spiro atoms. The summed E-state index contributed by atoms with van der Waals surface area (Å²) in [5, 5.41) is 12.8. The maximum Gasteiger partial charge on any atom is 0.106 e. The van der Waals surface area contributed by atoms with Crippen molar-refractivity contribution in [3.63, 3.8) is 0 Å². The fourth-order valence-corrected chi connectivity index (χ4v) is 4.86. The van der Waals surface area contributed by atoms with Gasteiger partial charge in [0.25, 0.3) is 0 Å². The zero-order valence-corrected chi connectivity index (χ0v) is 23.1. The largest absolute Gasteiger partial charge is 0.387 e. The number of hydrogen-bond donors (Lipinski definition) is 1. The van der Waals surface area contributed by atoms with E-state index in [9.17, 15) is 5.11 Å². The molecule has 1 N–H and O–H groups in total. The Hall–Kier alpha value is -3.57. The molecular formula is C34H33NO2S. The Morgan fingerprint density at radius 2 is 1.11 bits per heavy atom. The third-order valence-electron chi connectivity index (χ3n) is 7.14. The van der Waals surface area contributed by atoms with Gasteiger partial charge in [-0.25, -0.2) is 0 Å². The number of anilines is 3. The van der Waals surface area contributed by atoms with Crippen LogP contribution in [0.1, 0.15) is 27.7 Å². The van der Waals surface area contributed by atoms with Gasteiger partial charge in [-0.05, 0) is 98.1 Å². The molecule has 0 radical (unpaired) electrons. The van der Waals surface area contributed by atoms with Crippen molar-refractivity contribution < 1.29 is 9.29 Å². The molecule has 0 unspecified atom stereocenters. The molecular weight excluding hydrogens is 486 g/mol. The third-order valence-corrected chi connectivity index (χ3v) is 8.10. The topological polar surface area (TPSA) is 32.7 Å². The van der Waals surface area contributed by atoms with Gasteiger partial charge in [-0.2, -0.15) is 0 Å². The summed E-state index contributed by atoms with van der Waals surface area (Å²) >= 11 is 1.29. The Bertz CT molecular complexity index is 1510. The lowest BCUT2D eigenvalue weighted by Crippen LogP contribution is -2.45. The summed E-state index contributed by atoms with van der Waals surface area (Å²) in [6, 6.07) is 42.5. The Labute approximate surface area is 229 Å². The molecule has 0 aliphatic carbocycles. The second-order valence-electron chi connectivity index (χ2n) is 10.5. The number of hydrogen-bond acceptors (Lipinski definition) is 4. The quantitative estimate of drug-likeness (QED) is 0.207. The summed E-state index contributed by atoms with van der Waals surface area (Å²) < 4.78 is 6.01. The van der Waals surface area contributed by atoms with E-state index in [0.29, 0.717) is 0 Å². The summed E-state index contributed by atoms with van der Waals surface area (Å²) in [7, 11) is 0. The van der Waals surface area contributed by atoms with Crippen LogP contribution in [0.15, 0.2) is 126 Å². The average molecular weight is 520 g/mol. The lowest BCUT2D eigenvalue weighted by molar-refractivity contribution is -0.0813. The molecule has 5 rings (SSSR count). The first-order chi connectivity index (χ1) is 18.2.